The number of hydrogen-bond acceptors (Lipinski definition) is 10. The fraction of sp³-hybridized carbons (Fsp3) is 0.943. The zero-order chi connectivity index (χ0) is 34.4. The van der Waals surface area contributed by atoms with Gasteiger partial charge in [-0.3, -0.25) is 20.1 Å². The second kappa shape index (κ2) is 16.4. The van der Waals surface area contributed by atoms with Crippen molar-refractivity contribution in [1.29, 1.82) is 0 Å². The number of aliphatic hydroxyl groups is 2. The summed E-state index contributed by atoms with van der Waals surface area (Å²) in [5.74, 6) is 0.266. The van der Waals surface area contributed by atoms with Crippen molar-refractivity contribution in [3.8, 4) is 0 Å². The lowest BCUT2D eigenvalue weighted by Gasteiger charge is -2.50. The number of ether oxygens (including phenoxy) is 2. The third kappa shape index (κ3) is 11.4. The molecule has 2 saturated heterocycles. The summed E-state index contributed by atoms with van der Waals surface area (Å²) in [4.78, 5) is 25.0. The van der Waals surface area contributed by atoms with Crippen LogP contribution in [0.3, 0.4) is 0 Å². The van der Waals surface area contributed by atoms with Gasteiger partial charge >= 0.3 is 6.09 Å². The summed E-state index contributed by atoms with van der Waals surface area (Å²) in [7, 11) is 1.71. The first kappa shape index (κ1) is 39.1. The van der Waals surface area contributed by atoms with Gasteiger partial charge < -0.3 is 29.9 Å². The summed E-state index contributed by atoms with van der Waals surface area (Å²) in [5, 5.41) is 30.3. The lowest BCUT2D eigenvalue weighted by atomic mass is 9.82. The smallest absolute Gasteiger partial charge is 0.410 e. The first-order valence-electron chi connectivity index (χ1n) is 17.7. The van der Waals surface area contributed by atoms with Gasteiger partial charge in [-0.15, -0.1) is 0 Å². The van der Waals surface area contributed by atoms with E-state index in [1.165, 1.54) is 0 Å². The summed E-state index contributed by atoms with van der Waals surface area (Å²) in [6, 6.07) is 0.0563. The molecule has 3 aliphatic rings. The Hall–Kier alpha value is -1.34. The van der Waals surface area contributed by atoms with Crippen LogP contribution in [-0.4, -0.2) is 132 Å². The molecule has 0 aromatic carbocycles. The number of likely N-dealkylation sites (tertiary alicyclic amines) is 2. The van der Waals surface area contributed by atoms with Gasteiger partial charge in [-0.1, -0.05) is 34.6 Å². The van der Waals surface area contributed by atoms with Crippen LogP contribution in [-0.2, 0) is 9.47 Å². The van der Waals surface area contributed by atoms with Crippen molar-refractivity contribution in [3.05, 3.63) is 0 Å². The zero-order valence-corrected chi connectivity index (χ0v) is 30.9. The molecule has 0 saturated carbocycles. The topological polar surface area (TPSA) is 122 Å². The normalized spacial score (nSPS) is 28.2. The first-order chi connectivity index (χ1) is 21.3. The van der Waals surface area contributed by atoms with Gasteiger partial charge in [-0.05, 0) is 97.2 Å². The van der Waals surface area contributed by atoms with Crippen molar-refractivity contribution >= 4 is 12.3 Å². The van der Waals surface area contributed by atoms with Crippen molar-refractivity contribution in [2.45, 2.75) is 137 Å². The predicted octanol–water partition coefficient (Wildman–Crippen LogP) is 3.74. The molecule has 3 aliphatic heterocycles. The third-order valence-electron chi connectivity index (χ3n) is 9.67. The molecule has 0 radical (unpaired) electrons. The number of nitrogens with zero attached hydrogens (tertiary/aromatic N) is 4. The van der Waals surface area contributed by atoms with E-state index >= 15 is 0 Å². The van der Waals surface area contributed by atoms with Crippen LogP contribution in [0, 0.1) is 23.2 Å². The number of aliphatic hydroxyl groups excluding tert-OH is 1. The SMILES string of the molecule is COCCCNC1NC(C(C)(C)C)N=CC1C(O)N(CC(C)C)[C@H]1C[C@@H](N2CCC(C(C)(C)O)CC2)CN(C(=O)OC(C)(C)C)C1. The van der Waals surface area contributed by atoms with Crippen molar-refractivity contribution in [3.63, 3.8) is 0 Å². The molecule has 3 rings (SSSR count). The van der Waals surface area contributed by atoms with Gasteiger partial charge in [-0.2, -0.15) is 0 Å². The van der Waals surface area contributed by atoms with Crippen LogP contribution in [0.2, 0.25) is 0 Å². The van der Waals surface area contributed by atoms with E-state index in [2.05, 4.69) is 55.1 Å². The van der Waals surface area contributed by atoms with E-state index in [9.17, 15) is 15.0 Å². The lowest BCUT2D eigenvalue weighted by molar-refractivity contribution is -0.0925. The van der Waals surface area contributed by atoms with Gasteiger partial charge in [0.1, 0.15) is 18.0 Å². The largest absolute Gasteiger partial charge is 0.444 e. The first-order valence-corrected chi connectivity index (χ1v) is 17.7. The van der Waals surface area contributed by atoms with Crippen LogP contribution >= 0.6 is 0 Å². The molecule has 0 aliphatic carbocycles. The predicted molar refractivity (Wildman–Crippen MR) is 185 cm³/mol. The van der Waals surface area contributed by atoms with Crippen LogP contribution in [0.1, 0.15) is 94.9 Å². The summed E-state index contributed by atoms with van der Waals surface area (Å²) < 4.78 is 11.2. The molecular formula is C35H68N6O5. The average Bonchev–Trinajstić information content (AvgIpc) is 2.95. The molecule has 46 heavy (non-hydrogen) atoms. The summed E-state index contributed by atoms with van der Waals surface area (Å²) in [6.07, 6.45) is 4.12. The number of carbonyl (C=O) groups is 1. The molecule has 6 atom stereocenters. The molecule has 0 spiro atoms. The number of carbonyl (C=O) groups excluding carboxylic acids is 1. The molecule has 4 N–H and O–H groups in total. The highest BCUT2D eigenvalue weighted by atomic mass is 16.6. The standard InChI is InChI=1S/C35H68N6O5/c1-24(2)21-41(30(42)28-20-37-31(33(3,4)5)38-29(28)36-15-12-18-45-11)27-19-26(22-40(23-27)32(43)46-34(6,7)8)39-16-13-25(14-17-39)35(9,10)44/h20,24-31,36,38,42,44H,12-19,21-23H2,1-11H3/t26-,27+,28?,29?,30?,31?/m1/s1. The Morgan fingerprint density at radius 1 is 1.11 bits per heavy atom. The van der Waals surface area contributed by atoms with Gasteiger partial charge in [0.05, 0.1) is 17.7 Å². The number of aliphatic imine (C=N–C) groups is 1. The van der Waals surface area contributed by atoms with Gasteiger partial charge in [0, 0.05) is 51.6 Å². The fourth-order valence-corrected chi connectivity index (χ4v) is 7.10. The van der Waals surface area contributed by atoms with Crippen LogP contribution in [0.5, 0.6) is 0 Å². The summed E-state index contributed by atoms with van der Waals surface area (Å²) >= 11 is 0. The molecule has 4 unspecified atom stereocenters. The van der Waals surface area contributed by atoms with Crippen LogP contribution in [0.25, 0.3) is 0 Å². The fourth-order valence-electron chi connectivity index (χ4n) is 7.10. The van der Waals surface area contributed by atoms with Gasteiger partial charge in [0.2, 0.25) is 0 Å². The van der Waals surface area contributed by atoms with E-state index in [-0.39, 0.29) is 47.8 Å². The average molecular weight is 653 g/mol. The number of methoxy groups -OCH3 is 1. The van der Waals surface area contributed by atoms with E-state index < -0.39 is 17.4 Å². The van der Waals surface area contributed by atoms with Crippen molar-refractivity contribution in [1.82, 2.24) is 25.3 Å². The van der Waals surface area contributed by atoms with Gasteiger partial charge in [-0.25, -0.2) is 4.79 Å². The molecule has 3 heterocycles. The maximum absolute atomic E-state index is 13.6. The Morgan fingerprint density at radius 3 is 2.30 bits per heavy atom. The Morgan fingerprint density at radius 2 is 1.76 bits per heavy atom. The van der Waals surface area contributed by atoms with Crippen LogP contribution < -0.4 is 10.6 Å². The second-order valence-electron chi connectivity index (χ2n) is 17.0. The quantitative estimate of drug-likeness (QED) is 0.185. The molecule has 11 heteroatoms. The van der Waals surface area contributed by atoms with E-state index in [0.717, 1.165) is 45.3 Å². The lowest BCUT2D eigenvalue weighted by Crippen LogP contribution is -2.66. The van der Waals surface area contributed by atoms with E-state index in [0.29, 0.717) is 32.2 Å². The molecule has 0 bridgehead atoms. The Labute approximate surface area is 279 Å². The highest BCUT2D eigenvalue weighted by Gasteiger charge is 2.44. The van der Waals surface area contributed by atoms with Gasteiger partial charge in [0.15, 0.2) is 0 Å². The third-order valence-corrected chi connectivity index (χ3v) is 9.67. The maximum Gasteiger partial charge on any atom is 0.410 e. The number of amides is 1. The maximum atomic E-state index is 13.6. The molecule has 0 aromatic heterocycles. The molecule has 0 aromatic rings. The Kier molecular flexibility index (Phi) is 13.9. The van der Waals surface area contributed by atoms with Crippen LogP contribution in [0.4, 0.5) is 4.79 Å². The minimum atomic E-state index is -0.815. The summed E-state index contributed by atoms with van der Waals surface area (Å²) in [5.41, 5.74) is -1.38. The number of hydrogen-bond donors (Lipinski definition) is 4. The monoisotopic (exact) mass is 653 g/mol. The molecule has 1 amide bonds. The number of rotatable bonds is 12. The van der Waals surface area contributed by atoms with Gasteiger partial charge in [0.25, 0.3) is 0 Å². The highest BCUT2D eigenvalue weighted by molar-refractivity contribution is 5.68. The summed E-state index contributed by atoms with van der Waals surface area (Å²) in [6.45, 7) is 25.3. The van der Waals surface area contributed by atoms with E-state index in [1.807, 2.05) is 45.7 Å². The second-order valence-corrected chi connectivity index (χ2v) is 17.0. The van der Waals surface area contributed by atoms with E-state index in [1.54, 1.807) is 7.11 Å². The van der Waals surface area contributed by atoms with Crippen LogP contribution in [0.15, 0.2) is 4.99 Å². The number of nitrogens with one attached hydrogen (secondary N) is 2. The minimum absolute atomic E-state index is 0.0708. The molecule has 2 fully saturated rings. The molecule has 11 nitrogen and oxygen atoms in total. The Bertz CT molecular complexity index is 966. The molecule has 268 valence electrons. The van der Waals surface area contributed by atoms with Crippen molar-refractivity contribution in [2.24, 2.45) is 28.2 Å². The molecular weight excluding hydrogens is 584 g/mol. The minimum Gasteiger partial charge on any atom is -0.444 e. The van der Waals surface area contributed by atoms with Crippen molar-refractivity contribution < 1.29 is 24.5 Å². The zero-order valence-electron chi connectivity index (χ0n) is 30.9. The van der Waals surface area contributed by atoms with E-state index in [4.69, 9.17) is 14.5 Å². The number of piperidine rings is 2. The Balaban J connectivity index is 1.90. The van der Waals surface area contributed by atoms with Crippen molar-refractivity contribution in [2.75, 3.05) is 53.0 Å². The highest BCUT2D eigenvalue weighted by Crippen LogP contribution is 2.33.